The molecular formula is C24H25NO6. The Bertz CT molecular complexity index is 1040. The Kier molecular flexibility index (Phi) is 5.95. The van der Waals surface area contributed by atoms with E-state index in [4.69, 9.17) is 14.6 Å². The molecule has 162 valence electrons. The van der Waals surface area contributed by atoms with Gasteiger partial charge in [0.1, 0.15) is 23.9 Å². The highest BCUT2D eigenvalue weighted by Gasteiger charge is 2.45. The van der Waals surface area contributed by atoms with Crippen molar-refractivity contribution in [3.8, 4) is 11.5 Å². The summed E-state index contributed by atoms with van der Waals surface area (Å²) in [5.74, 6) is -0.233. The standard InChI is InChI=1S/C24H25NO6/c1-2-9-25-21(16-4-3-5-18(14-16)30-12-10-26)20(23(28)24(25)29)22(27)17-6-7-19-15(13-17)8-11-31-19/h3-7,13-14,21,26-27H,2,8-12H2,1H3/b22-20-. The number of ether oxygens (including phenoxy) is 2. The van der Waals surface area contributed by atoms with Crippen LogP contribution in [0.15, 0.2) is 48.0 Å². The molecule has 1 atom stereocenters. The molecule has 31 heavy (non-hydrogen) atoms. The maximum Gasteiger partial charge on any atom is 0.295 e. The van der Waals surface area contributed by atoms with Crippen LogP contribution in [0.2, 0.25) is 0 Å². The summed E-state index contributed by atoms with van der Waals surface area (Å²) in [6, 6.07) is 11.6. The second-order valence-corrected chi connectivity index (χ2v) is 7.56. The van der Waals surface area contributed by atoms with Crippen LogP contribution in [0.3, 0.4) is 0 Å². The number of benzene rings is 2. The lowest BCUT2D eigenvalue weighted by Gasteiger charge is -2.25. The van der Waals surface area contributed by atoms with Gasteiger partial charge in [-0.2, -0.15) is 0 Å². The first-order valence-electron chi connectivity index (χ1n) is 10.4. The van der Waals surface area contributed by atoms with Crippen LogP contribution in [0.4, 0.5) is 0 Å². The smallest absolute Gasteiger partial charge is 0.295 e. The van der Waals surface area contributed by atoms with Gasteiger partial charge in [-0.25, -0.2) is 0 Å². The van der Waals surface area contributed by atoms with Gasteiger partial charge in [0.25, 0.3) is 11.7 Å². The Labute approximate surface area is 180 Å². The monoisotopic (exact) mass is 423 g/mol. The molecule has 2 heterocycles. The van der Waals surface area contributed by atoms with Crippen LogP contribution >= 0.6 is 0 Å². The number of carbonyl (C=O) groups is 2. The average Bonchev–Trinajstić information content (AvgIpc) is 3.35. The SMILES string of the molecule is CCCN1C(=O)C(=O)/C(=C(\O)c2ccc3c(c2)CCO3)C1c1cccc(OCCO)c1. The van der Waals surface area contributed by atoms with Crippen LogP contribution in [0, 0.1) is 0 Å². The second kappa shape index (κ2) is 8.81. The van der Waals surface area contributed by atoms with E-state index < -0.39 is 17.7 Å². The lowest BCUT2D eigenvalue weighted by atomic mass is 9.94. The first-order chi connectivity index (χ1) is 15.0. The highest BCUT2D eigenvalue weighted by atomic mass is 16.5. The molecule has 2 N–H and O–H groups in total. The van der Waals surface area contributed by atoms with E-state index in [2.05, 4.69) is 0 Å². The molecule has 4 rings (SSSR count). The van der Waals surface area contributed by atoms with E-state index in [9.17, 15) is 14.7 Å². The van der Waals surface area contributed by atoms with Gasteiger partial charge in [-0.15, -0.1) is 0 Å². The minimum absolute atomic E-state index is 0.0663. The zero-order valence-corrected chi connectivity index (χ0v) is 17.3. The van der Waals surface area contributed by atoms with E-state index in [1.807, 2.05) is 13.0 Å². The Balaban J connectivity index is 1.81. The normalized spacial score (nSPS) is 19.4. The third kappa shape index (κ3) is 3.88. The molecule has 2 aromatic carbocycles. The number of hydrogen-bond acceptors (Lipinski definition) is 6. The van der Waals surface area contributed by atoms with Crippen molar-refractivity contribution in [2.45, 2.75) is 25.8 Å². The van der Waals surface area contributed by atoms with Gasteiger partial charge in [-0.3, -0.25) is 9.59 Å². The third-order valence-electron chi connectivity index (χ3n) is 5.50. The van der Waals surface area contributed by atoms with Crippen molar-refractivity contribution >= 4 is 17.4 Å². The zero-order chi connectivity index (χ0) is 22.0. The van der Waals surface area contributed by atoms with Crippen LogP contribution in [0.5, 0.6) is 11.5 Å². The summed E-state index contributed by atoms with van der Waals surface area (Å²) in [6.07, 6.45) is 1.40. The van der Waals surface area contributed by atoms with Gasteiger partial charge >= 0.3 is 0 Å². The molecule has 0 spiro atoms. The van der Waals surface area contributed by atoms with Crippen molar-refractivity contribution in [3.63, 3.8) is 0 Å². The summed E-state index contributed by atoms with van der Waals surface area (Å²) in [5, 5.41) is 20.2. The molecule has 0 radical (unpaired) electrons. The molecule has 1 amide bonds. The first-order valence-corrected chi connectivity index (χ1v) is 10.4. The van der Waals surface area contributed by atoms with E-state index in [0.29, 0.717) is 36.4 Å². The number of likely N-dealkylation sites (tertiary alicyclic amines) is 1. The average molecular weight is 423 g/mol. The number of aliphatic hydroxyl groups is 2. The van der Waals surface area contributed by atoms with E-state index >= 15 is 0 Å². The number of fused-ring (bicyclic) bond motifs is 1. The van der Waals surface area contributed by atoms with Crippen LogP contribution < -0.4 is 9.47 Å². The quantitative estimate of drug-likeness (QED) is 0.404. The lowest BCUT2D eigenvalue weighted by Crippen LogP contribution is -2.30. The molecular weight excluding hydrogens is 398 g/mol. The number of carbonyl (C=O) groups excluding carboxylic acids is 2. The van der Waals surface area contributed by atoms with Gasteiger partial charge in [0.15, 0.2) is 0 Å². The number of nitrogens with zero attached hydrogens (tertiary/aromatic N) is 1. The number of ketones is 1. The molecule has 2 aliphatic heterocycles. The summed E-state index contributed by atoms with van der Waals surface area (Å²) >= 11 is 0. The van der Waals surface area contributed by atoms with Crippen molar-refractivity contribution in [2.75, 3.05) is 26.4 Å². The van der Waals surface area contributed by atoms with Crippen molar-refractivity contribution in [3.05, 3.63) is 64.7 Å². The number of rotatable bonds is 7. The van der Waals surface area contributed by atoms with Gasteiger partial charge < -0.3 is 24.6 Å². The maximum absolute atomic E-state index is 13.0. The van der Waals surface area contributed by atoms with Crippen molar-refractivity contribution < 1.29 is 29.3 Å². The Morgan fingerprint density at radius 1 is 1.23 bits per heavy atom. The molecule has 2 aliphatic rings. The number of Topliss-reactive ketones (excluding diaryl/α,β-unsaturated/α-hetero) is 1. The van der Waals surface area contributed by atoms with Gasteiger partial charge in [0.05, 0.1) is 24.8 Å². The van der Waals surface area contributed by atoms with E-state index in [1.165, 1.54) is 4.90 Å². The van der Waals surface area contributed by atoms with Crippen LogP contribution in [0.1, 0.15) is 36.1 Å². The molecule has 7 nitrogen and oxygen atoms in total. The number of hydrogen-bond donors (Lipinski definition) is 2. The largest absolute Gasteiger partial charge is 0.507 e. The van der Waals surface area contributed by atoms with Crippen LogP contribution in [-0.2, 0) is 16.0 Å². The zero-order valence-electron chi connectivity index (χ0n) is 17.3. The fraction of sp³-hybridized carbons (Fsp3) is 0.333. The van der Waals surface area contributed by atoms with Gasteiger partial charge in [-0.05, 0) is 47.9 Å². The van der Waals surface area contributed by atoms with E-state index in [0.717, 1.165) is 17.7 Å². The molecule has 0 aromatic heterocycles. The van der Waals surface area contributed by atoms with Gasteiger partial charge in [0.2, 0.25) is 0 Å². The fourth-order valence-electron chi connectivity index (χ4n) is 4.13. The summed E-state index contributed by atoms with van der Waals surface area (Å²) in [5.41, 5.74) is 2.17. The van der Waals surface area contributed by atoms with Gasteiger partial charge in [-0.1, -0.05) is 19.1 Å². The second-order valence-electron chi connectivity index (χ2n) is 7.56. The topological polar surface area (TPSA) is 96.3 Å². The summed E-state index contributed by atoms with van der Waals surface area (Å²) in [7, 11) is 0. The molecule has 1 saturated heterocycles. The molecule has 0 saturated carbocycles. The lowest BCUT2D eigenvalue weighted by molar-refractivity contribution is -0.139. The predicted molar refractivity (Wildman–Crippen MR) is 114 cm³/mol. The van der Waals surface area contributed by atoms with Gasteiger partial charge in [0, 0.05) is 18.5 Å². The minimum atomic E-state index is -0.720. The van der Waals surface area contributed by atoms with Crippen molar-refractivity contribution in [1.82, 2.24) is 4.90 Å². The molecule has 2 aromatic rings. The minimum Gasteiger partial charge on any atom is -0.507 e. The molecule has 0 aliphatic carbocycles. The summed E-state index contributed by atoms with van der Waals surface area (Å²) in [6.45, 7) is 2.90. The predicted octanol–water partition coefficient (Wildman–Crippen LogP) is 2.82. The highest BCUT2D eigenvalue weighted by molar-refractivity contribution is 6.46. The summed E-state index contributed by atoms with van der Waals surface area (Å²) < 4.78 is 11.0. The molecule has 1 unspecified atom stereocenters. The van der Waals surface area contributed by atoms with E-state index in [-0.39, 0.29) is 24.5 Å². The van der Waals surface area contributed by atoms with Crippen LogP contribution in [0.25, 0.3) is 5.76 Å². The molecule has 0 bridgehead atoms. The molecule has 1 fully saturated rings. The molecule has 7 heteroatoms. The third-order valence-corrected chi connectivity index (χ3v) is 5.50. The maximum atomic E-state index is 13.0. The highest BCUT2D eigenvalue weighted by Crippen LogP contribution is 2.41. The first kappa shape index (κ1) is 20.9. The number of aliphatic hydroxyl groups excluding tert-OH is 2. The Morgan fingerprint density at radius 2 is 2.06 bits per heavy atom. The number of amides is 1. The fourth-order valence-corrected chi connectivity index (χ4v) is 4.13. The van der Waals surface area contributed by atoms with Crippen molar-refractivity contribution in [2.24, 2.45) is 0 Å². The summed E-state index contributed by atoms with van der Waals surface area (Å²) in [4.78, 5) is 27.3. The van der Waals surface area contributed by atoms with Crippen molar-refractivity contribution in [1.29, 1.82) is 0 Å². The Hall–Kier alpha value is -3.32. The van der Waals surface area contributed by atoms with Crippen LogP contribution in [-0.4, -0.2) is 53.2 Å². The van der Waals surface area contributed by atoms with E-state index in [1.54, 1.807) is 36.4 Å². The Morgan fingerprint density at radius 3 is 2.84 bits per heavy atom.